The highest BCUT2D eigenvalue weighted by molar-refractivity contribution is 5.95. The van der Waals surface area contributed by atoms with Crippen molar-refractivity contribution in [3.63, 3.8) is 0 Å². The third-order valence-electron chi connectivity index (χ3n) is 2.43. The lowest BCUT2D eigenvalue weighted by Gasteiger charge is -2.06. The van der Waals surface area contributed by atoms with E-state index in [9.17, 15) is 4.79 Å². The molecule has 0 N–H and O–H groups in total. The molecule has 5 nitrogen and oxygen atoms in total. The molecule has 2 rings (SSSR count). The Bertz CT molecular complexity index is 555. The second-order valence-corrected chi connectivity index (χ2v) is 3.32. The van der Waals surface area contributed by atoms with Crippen LogP contribution in [0.4, 0.5) is 0 Å². The summed E-state index contributed by atoms with van der Waals surface area (Å²) in [6.45, 7) is 0. The van der Waals surface area contributed by atoms with E-state index < -0.39 is 5.97 Å². The fraction of sp³-hybridized carbons (Fsp3) is 0.250. The van der Waals surface area contributed by atoms with Gasteiger partial charge in [0, 0.05) is 6.07 Å². The second kappa shape index (κ2) is 4.37. The second-order valence-electron chi connectivity index (χ2n) is 3.32. The van der Waals surface area contributed by atoms with Gasteiger partial charge in [0.25, 0.3) is 0 Å². The molecule has 0 spiro atoms. The number of furan rings is 1. The maximum Gasteiger partial charge on any atom is 0.373 e. The highest BCUT2D eigenvalue weighted by Crippen LogP contribution is 2.37. The van der Waals surface area contributed by atoms with Crippen LogP contribution in [-0.2, 0) is 4.74 Å². The molecule has 0 saturated heterocycles. The van der Waals surface area contributed by atoms with E-state index in [0.717, 1.165) is 0 Å². The Labute approximate surface area is 97.9 Å². The molecule has 90 valence electrons. The summed E-state index contributed by atoms with van der Waals surface area (Å²) in [6, 6.07) is 5.00. The topological polar surface area (TPSA) is 57.9 Å². The van der Waals surface area contributed by atoms with Gasteiger partial charge in [0.15, 0.2) is 11.5 Å². The predicted molar refractivity (Wildman–Crippen MR) is 60.7 cm³/mol. The Morgan fingerprint density at radius 3 is 2.53 bits per heavy atom. The van der Waals surface area contributed by atoms with Crippen LogP contribution in [0.2, 0.25) is 0 Å². The highest BCUT2D eigenvalue weighted by Gasteiger charge is 2.17. The summed E-state index contributed by atoms with van der Waals surface area (Å²) in [5, 5.41) is 0.673. The molecular weight excluding hydrogens is 224 g/mol. The van der Waals surface area contributed by atoms with Crippen LogP contribution in [0.1, 0.15) is 10.6 Å². The van der Waals surface area contributed by atoms with Crippen LogP contribution < -0.4 is 9.47 Å². The van der Waals surface area contributed by atoms with Crippen LogP contribution in [0.3, 0.4) is 0 Å². The van der Waals surface area contributed by atoms with Crippen molar-refractivity contribution in [1.82, 2.24) is 0 Å². The monoisotopic (exact) mass is 236 g/mol. The van der Waals surface area contributed by atoms with Crippen molar-refractivity contribution >= 4 is 16.9 Å². The van der Waals surface area contributed by atoms with E-state index in [1.54, 1.807) is 25.3 Å². The van der Waals surface area contributed by atoms with E-state index in [-0.39, 0.29) is 5.76 Å². The van der Waals surface area contributed by atoms with E-state index in [1.165, 1.54) is 14.2 Å². The maximum atomic E-state index is 11.3. The Morgan fingerprint density at radius 1 is 1.18 bits per heavy atom. The minimum absolute atomic E-state index is 0.133. The molecule has 0 unspecified atom stereocenters. The van der Waals surface area contributed by atoms with Crippen molar-refractivity contribution in [3.05, 3.63) is 24.0 Å². The minimum Gasteiger partial charge on any atom is -0.493 e. The molecule has 5 heteroatoms. The van der Waals surface area contributed by atoms with Gasteiger partial charge in [-0.1, -0.05) is 0 Å². The molecule has 0 radical (unpaired) electrons. The molecular formula is C12H12O5. The van der Waals surface area contributed by atoms with Gasteiger partial charge < -0.3 is 18.6 Å². The number of hydrogen-bond acceptors (Lipinski definition) is 5. The molecule has 2 aromatic rings. The van der Waals surface area contributed by atoms with Gasteiger partial charge in [0.05, 0.1) is 26.7 Å². The third kappa shape index (κ3) is 1.80. The predicted octanol–water partition coefficient (Wildman–Crippen LogP) is 2.24. The van der Waals surface area contributed by atoms with Crippen molar-refractivity contribution in [2.75, 3.05) is 21.3 Å². The van der Waals surface area contributed by atoms with Gasteiger partial charge in [-0.3, -0.25) is 0 Å². The first-order valence-corrected chi connectivity index (χ1v) is 4.94. The van der Waals surface area contributed by atoms with E-state index in [0.29, 0.717) is 22.5 Å². The zero-order chi connectivity index (χ0) is 12.4. The highest BCUT2D eigenvalue weighted by atomic mass is 16.5. The zero-order valence-electron chi connectivity index (χ0n) is 9.77. The Hall–Kier alpha value is -2.17. The Kier molecular flexibility index (Phi) is 2.91. The van der Waals surface area contributed by atoms with E-state index >= 15 is 0 Å². The van der Waals surface area contributed by atoms with Crippen molar-refractivity contribution in [1.29, 1.82) is 0 Å². The van der Waals surface area contributed by atoms with Gasteiger partial charge in [0.2, 0.25) is 5.76 Å². The van der Waals surface area contributed by atoms with Crippen molar-refractivity contribution in [2.24, 2.45) is 0 Å². The van der Waals surface area contributed by atoms with Gasteiger partial charge >= 0.3 is 5.97 Å². The summed E-state index contributed by atoms with van der Waals surface area (Å²) >= 11 is 0. The average molecular weight is 236 g/mol. The molecule has 1 heterocycles. The molecule has 1 aromatic carbocycles. The lowest BCUT2D eigenvalue weighted by atomic mass is 10.2. The van der Waals surface area contributed by atoms with Crippen molar-refractivity contribution in [3.8, 4) is 11.5 Å². The molecule has 0 aliphatic carbocycles. The van der Waals surface area contributed by atoms with Gasteiger partial charge in [-0.25, -0.2) is 4.79 Å². The van der Waals surface area contributed by atoms with E-state index in [2.05, 4.69) is 4.74 Å². The quantitative estimate of drug-likeness (QED) is 0.765. The van der Waals surface area contributed by atoms with Crippen LogP contribution in [0.15, 0.2) is 22.6 Å². The lowest BCUT2D eigenvalue weighted by Crippen LogP contribution is -1.98. The van der Waals surface area contributed by atoms with Gasteiger partial charge in [-0.2, -0.15) is 0 Å². The minimum atomic E-state index is -0.526. The summed E-state index contributed by atoms with van der Waals surface area (Å²) < 4.78 is 20.3. The molecule has 17 heavy (non-hydrogen) atoms. The number of benzene rings is 1. The number of hydrogen-bond donors (Lipinski definition) is 0. The van der Waals surface area contributed by atoms with Crippen molar-refractivity contribution in [2.45, 2.75) is 0 Å². The lowest BCUT2D eigenvalue weighted by molar-refractivity contribution is 0.0567. The Morgan fingerprint density at radius 2 is 1.94 bits per heavy atom. The summed E-state index contributed by atoms with van der Waals surface area (Å²) in [5.41, 5.74) is 0.544. The van der Waals surface area contributed by atoms with Gasteiger partial charge in [-0.05, 0) is 12.1 Å². The number of fused-ring (bicyclic) bond motifs is 1. The SMILES string of the molecule is COC(=O)c1cc2c(OC)c(OC)ccc2o1. The van der Waals surface area contributed by atoms with Crippen molar-refractivity contribution < 1.29 is 23.4 Å². The molecule has 0 fully saturated rings. The summed E-state index contributed by atoms with van der Waals surface area (Å²) in [7, 11) is 4.38. The molecule has 0 aliphatic heterocycles. The molecule has 0 bridgehead atoms. The largest absolute Gasteiger partial charge is 0.493 e. The fourth-order valence-corrected chi connectivity index (χ4v) is 1.64. The Balaban J connectivity index is 2.64. The smallest absolute Gasteiger partial charge is 0.373 e. The first-order valence-electron chi connectivity index (χ1n) is 4.94. The average Bonchev–Trinajstić information content (AvgIpc) is 2.80. The third-order valence-corrected chi connectivity index (χ3v) is 2.43. The first-order chi connectivity index (χ1) is 8.21. The molecule has 0 saturated carbocycles. The molecule has 0 atom stereocenters. The fourth-order valence-electron chi connectivity index (χ4n) is 1.64. The first kappa shape index (κ1) is 11.3. The number of methoxy groups -OCH3 is 3. The molecule has 0 amide bonds. The number of carbonyl (C=O) groups is 1. The number of rotatable bonds is 3. The van der Waals surface area contributed by atoms with Crippen LogP contribution in [0, 0.1) is 0 Å². The number of esters is 1. The summed E-state index contributed by atoms with van der Waals surface area (Å²) in [5.74, 6) is 0.720. The summed E-state index contributed by atoms with van der Waals surface area (Å²) in [6.07, 6.45) is 0. The standard InChI is InChI=1S/C12H12O5/c1-14-9-5-4-8-7(11(9)15-2)6-10(17-8)12(13)16-3/h4-6H,1-3H3. The van der Waals surface area contributed by atoms with Crippen LogP contribution >= 0.6 is 0 Å². The van der Waals surface area contributed by atoms with Gasteiger partial charge in [0.1, 0.15) is 5.58 Å². The number of carbonyl (C=O) groups excluding carboxylic acids is 1. The van der Waals surface area contributed by atoms with Crippen LogP contribution in [0.25, 0.3) is 11.0 Å². The normalized spacial score (nSPS) is 10.3. The molecule has 0 aliphatic rings. The van der Waals surface area contributed by atoms with Gasteiger partial charge in [-0.15, -0.1) is 0 Å². The van der Waals surface area contributed by atoms with E-state index in [4.69, 9.17) is 13.9 Å². The summed E-state index contributed by atoms with van der Waals surface area (Å²) in [4.78, 5) is 11.3. The zero-order valence-corrected chi connectivity index (χ0v) is 9.77. The molecule has 1 aromatic heterocycles. The van der Waals surface area contributed by atoms with E-state index in [1.807, 2.05) is 0 Å². The number of ether oxygens (including phenoxy) is 3. The maximum absolute atomic E-state index is 11.3. The van der Waals surface area contributed by atoms with Crippen LogP contribution in [0.5, 0.6) is 11.5 Å². The van der Waals surface area contributed by atoms with Crippen LogP contribution in [-0.4, -0.2) is 27.3 Å².